The molecule has 1 amide bonds. The molecular formula is C19H15F5N4O. The van der Waals surface area contributed by atoms with Crippen molar-refractivity contribution in [2.45, 2.75) is 5.92 Å². The highest BCUT2D eigenvalue weighted by Crippen LogP contribution is 2.32. The zero-order chi connectivity index (χ0) is 21.3. The van der Waals surface area contributed by atoms with Gasteiger partial charge in [0.05, 0.1) is 23.8 Å². The Morgan fingerprint density at radius 1 is 1.17 bits per heavy atom. The molecule has 3 rings (SSSR count). The van der Waals surface area contributed by atoms with Gasteiger partial charge in [-0.3, -0.25) is 14.5 Å². The van der Waals surface area contributed by atoms with Crippen LogP contribution in [0.15, 0.2) is 49.3 Å². The van der Waals surface area contributed by atoms with E-state index in [1.807, 2.05) is 0 Å². The first-order chi connectivity index (χ1) is 13.6. The number of benzene rings is 1. The predicted molar refractivity (Wildman–Crippen MR) is 96.9 cm³/mol. The number of carbonyl (C=O) groups excluding carboxylic acids is 1. The maximum absolute atomic E-state index is 14.4. The van der Waals surface area contributed by atoms with Crippen LogP contribution < -0.4 is 5.32 Å². The van der Waals surface area contributed by atoms with Gasteiger partial charge in [0.25, 0.3) is 5.91 Å². The molecule has 0 unspecified atom stereocenters. The van der Waals surface area contributed by atoms with Gasteiger partial charge in [0.2, 0.25) is 0 Å². The Hall–Kier alpha value is -3.56. The van der Waals surface area contributed by atoms with E-state index in [0.29, 0.717) is 18.5 Å². The van der Waals surface area contributed by atoms with Crippen molar-refractivity contribution < 1.29 is 28.2 Å². The van der Waals surface area contributed by atoms with Crippen molar-refractivity contribution in [3.05, 3.63) is 78.0 Å². The van der Waals surface area contributed by atoms with Gasteiger partial charge in [-0.2, -0.15) is 13.9 Å². The third-order valence-electron chi connectivity index (χ3n) is 4.07. The van der Waals surface area contributed by atoms with Crippen molar-refractivity contribution in [2.24, 2.45) is 7.05 Å². The quantitative estimate of drug-likeness (QED) is 0.491. The van der Waals surface area contributed by atoms with Gasteiger partial charge in [-0.1, -0.05) is 12.6 Å². The van der Waals surface area contributed by atoms with Crippen molar-refractivity contribution in [3.63, 3.8) is 0 Å². The molecule has 10 heteroatoms. The van der Waals surface area contributed by atoms with E-state index in [9.17, 15) is 26.7 Å². The van der Waals surface area contributed by atoms with Crippen LogP contribution in [0.4, 0.5) is 27.6 Å². The second-order valence-corrected chi connectivity index (χ2v) is 5.99. The second-order valence-electron chi connectivity index (χ2n) is 5.99. The number of nitrogens with zero attached hydrogens (tertiary/aromatic N) is 3. The topological polar surface area (TPSA) is 59.8 Å². The Labute approximate surface area is 163 Å². The van der Waals surface area contributed by atoms with Gasteiger partial charge in [-0.15, -0.1) is 0 Å². The summed E-state index contributed by atoms with van der Waals surface area (Å²) < 4.78 is 70.3. The number of allylic oxidation sites excluding steroid dienone is 1. The standard InChI is InChI=1S/C19H13F5N4O.H2/c1-3-19(23,24)16-7-15(28(2)27-16)10-4-5-14(11(20)6-10)26-18(29)17-12(21)8-25-9-13(17)22;/h3-9H,1H2,2H3,(H,26,29);1H. The van der Waals surface area contributed by atoms with E-state index in [1.54, 1.807) is 0 Å². The molecule has 0 aliphatic carbocycles. The van der Waals surface area contributed by atoms with Crippen molar-refractivity contribution in [2.75, 3.05) is 5.32 Å². The molecule has 0 aliphatic rings. The van der Waals surface area contributed by atoms with Crippen molar-refractivity contribution in [1.29, 1.82) is 0 Å². The van der Waals surface area contributed by atoms with E-state index in [1.165, 1.54) is 13.1 Å². The smallest absolute Gasteiger partial charge is 0.309 e. The summed E-state index contributed by atoms with van der Waals surface area (Å²) in [5.74, 6) is -7.91. The Morgan fingerprint density at radius 2 is 1.83 bits per heavy atom. The third kappa shape index (κ3) is 3.86. The lowest BCUT2D eigenvalue weighted by molar-refractivity contribution is 0.0470. The van der Waals surface area contributed by atoms with Crippen molar-refractivity contribution >= 4 is 11.6 Å². The zero-order valence-electron chi connectivity index (χ0n) is 14.9. The molecule has 0 spiro atoms. The van der Waals surface area contributed by atoms with Gasteiger partial charge < -0.3 is 5.32 Å². The molecule has 0 aliphatic heterocycles. The minimum Gasteiger partial charge on any atom is -0.319 e. The number of aromatic nitrogens is 3. The molecule has 1 aromatic carbocycles. The average Bonchev–Trinajstić information content (AvgIpc) is 3.06. The summed E-state index contributed by atoms with van der Waals surface area (Å²) in [7, 11) is 1.40. The Kier molecular flexibility index (Phi) is 5.19. The highest BCUT2D eigenvalue weighted by Gasteiger charge is 2.31. The van der Waals surface area contributed by atoms with Gasteiger partial charge in [-0.25, -0.2) is 13.2 Å². The van der Waals surface area contributed by atoms with Crippen LogP contribution >= 0.6 is 0 Å². The fraction of sp³-hybridized carbons (Fsp3) is 0.105. The molecule has 3 aromatic rings. The highest BCUT2D eigenvalue weighted by atomic mass is 19.3. The van der Waals surface area contributed by atoms with Crippen LogP contribution in [0.2, 0.25) is 0 Å². The van der Waals surface area contributed by atoms with Crippen LogP contribution in [0, 0.1) is 17.5 Å². The number of anilines is 1. The lowest BCUT2D eigenvalue weighted by Gasteiger charge is -2.09. The van der Waals surface area contributed by atoms with Crippen LogP contribution in [0.3, 0.4) is 0 Å². The minimum absolute atomic E-state index is 0. The molecule has 29 heavy (non-hydrogen) atoms. The number of rotatable bonds is 5. The summed E-state index contributed by atoms with van der Waals surface area (Å²) in [5.41, 5.74) is -1.45. The van der Waals surface area contributed by atoms with Gasteiger partial charge in [0, 0.05) is 14.0 Å². The third-order valence-corrected chi connectivity index (χ3v) is 4.07. The van der Waals surface area contributed by atoms with E-state index in [2.05, 4.69) is 22.0 Å². The molecule has 1 N–H and O–H groups in total. The summed E-state index contributed by atoms with van der Waals surface area (Å²) in [4.78, 5) is 15.3. The van der Waals surface area contributed by atoms with Crippen LogP contribution in [0.25, 0.3) is 11.3 Å². The van der Waals surface area contributed by atoms with Crippen LogP contribution in [0.1, 0.15) is 17.5 Å². The fourth-order valence-electron chi connectivity index (χ4n) is 2.59. The van der Waals surface area contributed by atoms with Crippen LogP contribution in [-0.4, -0.2) is 20.7 Å². The zero-order valence-corrected chi connectivity index (χ0v) is 14.9. The molecule has 2 heterocycles. The number of aryl methyl sites for hydroxylation is 1. The molecule has 0 fully saturated rings. The minimum atomic E-state index is -3.36. The lowest BCUT2D eigenvalue weighted by Crippen LogP contribution is -2.17. The number of amides is 1. The number of nitrogens with one attached hydrogen (secondary N) is 1. The number of pyridine rings is 1. The monoisotopic (exact) mass is 410 g/mol. The molecule has 5 nitrogen and oxygen atoms in total. The molecular weight excluding hydrogens is 395 g/mol. The summed E-state index contributed by atoms with van der Waals surface area (Å²) in [6, 6.07) is 4.53. The largest absolute Gasteiger partial charge is 0.319 e. The number of halogens is 5. The molecule has 152 valence electrons. The molecule has 0 saturated heterocycles. The summed E-state index contributed by atoms with van der Waals surface area (Å²) in [6.45, 7) is 3.05. The normalized spacial score (nSPS) is 11.4. The van der Waals surface area contributed by atoms with Gasteiger partial charge >= 0.3 is 5.92 Å². The maximum atomic E-state index is 14.4. The van der Waals surface area contributed by atoms with E-state index in [0.717, 1.165) is 22.9 Å². The van der Waals surface area contributed by atoms with Gasteiger partial charge in [0.1, 0.15) is 17.1 Å². The van der Waals surface area contributed by atoms with Crippen molar-refractivity contribution in [3.8, 4) is 11.3 Å². The predicted octanol–water partition coefficient (Wildman–Crippen LogP) is 4.68. The Morgan fingerprint density at radius 3 is 2.41 bits per heavy atom. The Bertz CT molecular complexity index is 1100. The first-order valence-corrected chi connectivity index (χ1v) is 8.10. The number of carbonyl (C=O) groups is 1. The molecule has 0 bridgehead atoms. The van der Waals surface area contributed by atoms with Gasteiger partial charge in [0.15, 0.2) is 11.6 Å². The molecule has 2 aromatic heterocycles. The number of alkyl halides is 2. The lowest BCUT2D eigenvalue weighted by atomic mass is 10.1. The number of hydrogen-bond donors (Lipinski definition) is 1. The van der Waals surface area contributed by atoms with E-state index in [4.69, 9.17) is 0 Å². The van der Waals surface area contributed by atoms with Crippen molar-refractivity contribution in [1.82, 2.24) is 14.8 Å². The Balaban J connectivity index is 0.00000320. The van der Waals surface area contributed by atoms with Crippen LogP contribution in [-0.2, 0) is 13.0 Å². The van der Waals surface area contributed by atoms with E-state index in [-0.39, 0.29) is 18.4 Å². The van der Waals surface area contributed by atoms with E-state index >= 15 is 0 Å². The van der Waals surface area contributed by atoms with Crippen LogP contribution in [0.5, 0.6) is 0 Å². The first-order valence-electron chi connectivity index (χ1n) is 8.10. The summed E-state index contributed by atoms with van der Waals surface area (Å²) >= 11 is 0. The maximum Gasteiger partial charge on any atom is 0.309 e. The molecule has 0 saturated carbocycles. The second kappa shape index (κ2) is 7.46. The van der Waals surface area contributed by atoms with E-state index < -0.39 is 40.5 Å². The SMILES string of the molecule is C=CC(F)(F)c1cc(-c2ccc(NC(=O)c3c(F)cncc3F)c(F)c2)n(C)n1.[HH]. The molecule has 0 radical (unpaired) electrons. The highest BCUT2D eigenvalue weighted by molar-refractivity contribution is 6.04. The van der Waals surface area contributed by atoms with Gasteiger partial charge in [-0.05, 0) is 24.3 Å². The summed E-state index contributed by atoms with van der Waals surface area (Å²) in [5, 5.41) is 5.77. The molecule has 0 atom stereocenters. The summed E-state index contributed by atoms with van der Waals surface area (Å²) in [6.07, 6.45) is 1.74. The number of hydrogen-bond acceptors (Lipinski definition) is 3. The first kappa shape index (κ1) is 20.2. The average molecular weight is 410 g/mol. The fourth-order valence-corrected chi connectivity index (χ4v) is 2.59.